The smallest absolute Gasteiger partial charge is 0.271 e. The van der Waals surface area contributed by atoms with Crippen molar-refractivity contribution in [1.82, 2.24) is 0 Å². The summed E-state index contributed by atoms with van der Waals surface area (Å²) < 4.78 is 5.64. The number of anilines is 1. The van der Waals surface area contributed by atoms with Crippen LogP contribution in [0.5, 0.6) is 0 Å². The van der Waals surface area contributed by atoms with Crippen LogP contribution in [0.1, 0.15) is 19.8 Å². The molecule has 1 aromatic rings. The summed E-state index contributed by atoms with van der Waals surface area (Å²) in [6.45, 7) is 3.53. The van der Waals surface area contributed by atoms with E-state index in [2.05, 4.69) is 12.2 Å². The average molecular weight is 236 g/mol. The fraction of sp³-hybridized carbons (Fsp3) is 0.500. The van der Waals surface area contributed by atoms with Crippen LogP contribution in [0.3, 0.4) is 0 Å². The minimum atomic E-state index is -0.390. The van der Waals surface area contributed by atoms with Gasteiger partial charge in [0.25, 0.3) is 5.69 Å². The van der Waals surface area contributed by atoms with E-state index in [1.165, 1.54) is 12.1 Å². The van der Waals surface area contributed by atoms with Gasteiger partial charge in [0.05, 0.1) is 10.5 Å². The lowest BCUT2D eigenvalue weighted by Crippen LogP contribution is -2.32. The quantitative estimate of drug-likeness (QED) is 0.644. The van der Waals surface area contributed by atoms with Gasteiger partial charge in [-0.15, -0.1) is 0 Å². The third kappa shape index (κ3) is 2.94. The largest absolute Gasteiger partial charge is 0.382 e. The summed E-state index contributed by atoms with van der Waals surface area (Å²) in [7, 11) is 0. The van der Waals surface area contributed by atoms with Crippen molar-refractivity contribution >= 4 is 11.4 Å². The van der Waals surface area contributed by atoms with Gasteiger partial charge in [0.2, 0.25) is 0 Å². The average Bonchev–Trinajstić information content (AvgIpc) is 2.75. The van der Waals surface area contributed by atoms with Crippen molar-refractivity contribution in [2.45, 2.75) is 25.4 Å². The SMILES string of the molecule is CC1(CNc2cccc([N+](=O)[O-])c2)CCCO1. The minimum absolute atomic E-state index is 0.104. The van der Waals surface area contributed by atoms with E-state index in [4.69, 9.17) is 4.74 Å². The number of benzene rings is 1. The first-order valence-electron chi connectivity index (χ1n) is 5.71. The van der Waals surface area contributed by atoms with E-state index in [1.807, 2.05) is 6.07 Å². The topological polar surface area (TPSA) is 64.4 Å². The molecule has 0 aliphatic carbocycles. The number of hydrogen-bond acceptors (Lipinski definition) is 4. The second kappa shape index (κ2) is 4.71. The molecule has 0 aromatic heterocycles. The highest BCUT2D eigenvalue weighted by Crippen LogP contribution is 2.26. The van der Waals surface area contributed by atoms with Gasteiger partial charge in [-0.3, -0.25) is 10.1 Å². The molecule has 0 spiro atoms. The minimum Gasteiger partial charge on any atom is -0.382 e. The van der Waals surface area contributed by atoms with Crippen LogP contribution in [0.15, 0.2) is 24.3 Å². The maximum Gasteiger partial charge on any atom is 0.271 e. The Morgan fingerprint density at radius 2 is 2.41 bits per heavy atom. The van der Waals surface area contributed by atoms with Crippen molar-refractivity contribution in [2.24, 2.45) is 0 Å². The molecule has 17 heavy (non-hydrogen) atoms. The normalized spacial score (nSPS) is 23.6. The molecule has 1 aliphatic rings. The molecule has 1 fully saturated rings. The lowest BCUT2D eigenvalue weighted by atomic mass is 10.0. The molecular weight excluding hydrogens is 220 g/mol. The number of nitrogens with one attached hydrogen (secondary N) is 1. The molecule has 1 aromatic carbocycles. The summed E-state index contributed by atoms with van der Waals surface area (Å²) in [5, 5.41) is 13.8. The van der Waals surface area contributed by atoms with Crippen molar-refractivity contribution < 1.29 is 9.66 Å². The molecule has 0 saturated carbocycles. The number of nitro groups is 1. The van der Waals surface area contributed by atoms with Gasteiger partial charge in [-0.25, -0.2) is 0 Å². The third-order valence-electron chi connectivity index (χ3n) is 3.02. The zero-order valence-electron chi connectivity index (χ0n) is 9.81. The molecule has 1 unspecified atom stereocenters. The Balaban J connectivity index is 1.99. The van der Waals surface area contributed by atoms with Crippen LogP contribution in [0.25, 0.3) is 0 Å². The Morgan fingerprint density at radius 3 is 3.06 bits per heavy atom. The summed E-state index contributed by atoms with van der Waals surface area (Å²) in [4.78, 5) is 10.2. The molecule has 1 saturated heterocycles. The number of rotatable bonds is 4. The zero-order valence-corrected chi connectivity index (χ0v) is 9.81. The maximum absolute atomic E-state index is 10.6. The van der Waals surface area contributed by atoms with Crippen LogP contribution < -0.4 is 5.32 Å². The van der Waals surface area contributed by atoms with Gasteiger partial charge in [0.1, 0.15) is 0 Å². The van der Waals surface area contributed by atoms with Gasteiger partial charge in [-0.05, 0) is 25.8 Å². The Kier molecular flexibility index (Phi) is 3.28. The Bertz CT molecular complexity index is 414. The van der Waals surface area contributed by atoms with E-state index in [-0.39, 0.29) is 16.2 Å². The van der Waals surface area contributed by atoms with Crippen LogP contribution in [-0.2, 0) is 4.74 Å². The lowest BCUT2D eigenvalue weighted by molar-refractivity contribution is -0.384. The first-order valence-corrected chi connectivity index (χ1v) is 5.71. The number of ether oxygens (including phenoxy) is 1. The van der Waals surface area contributed by atoms with E-state index in [1.54, 1.807) is 6.07 Å². The van der Waals surface area contributed by atoms with Crippen molar-refractivity contribution in [3.8, 4) is 0 Å². The summed E-state index contributed by atoms with van der Waals surface area (Å²) >= 11 is 0. The van der Waals surface area contributed by atoms with Crippen LogP contribution in [0.2, 0.25) is 0 Å². The molecule has 5 nitrogen and oxygen atoms in total. The molecule has 1 N–H and O–H groups in total. The predicted octanol–water partition coefficient (Wildman–Crippen LogP) is 2.58. The molecule has 0 bridgehead atoms. The van der Waals surface area contributed by atoms with Crippen LogP contribution >= 0.6 is 0 Å². The van der Waals surface area contributed by atoms with Gasteiger partial charge in [-0.2, -0.15) is 0 Å². The molecule has 2 rings (SSSR count). The molecular formula is C12H16N2O3. The fourth-order valence-corrected chi connectivity index (χ4v) is 1.99. The number of hydrogen-bond donors (Lipinski definition) is 1. The molecule has 0 radical (unpaired) electrons. The molecule has 5 heteroatoms. The number of nitrogens with zero attached hydrogens (tertiary/aromatic N) is 1. The van der Waals surface area contributed by atoms with E-state index < -0.39 is 0 Å². The standard InChI is InChI=1S/C12H16N2O3/c1-12(6-3-7-17-12)9-13-10-4-2-5-11(8-10)14(15)16/h2,4-5,8,13H,3,6-7,9H2,1H3. The molecule has 0 amide bonds. The Labute approximate surface area is 99.9 Å². The maximum atomic E-state index is 10.6. The Morgan fingerprint density at radius 1 is 1.59 bits per heavy atom. The van der Waals surface area contributed by atoms with E-state index >= 15 is 0 Å². The van der Waals surface area contributed by atoms with E-state index in [9.17, 15) is 10.1 Å². The molecule has 1 atom stereocenters. The number of non-ortho nitro benzene ring substituents is 1. The summed E-state index contributed by atoms with van der Waals surface area (Å²) in [6.07, 6.45) is 2.10. The molecule has 1 heterocycles. The van der Waals surface area contributed by atoms with Crippen LogP contribution in [0.4, 0.5) is 11.4 Å². The summed E-state index contributed by atoms with van der Waals surface area (Å²) in [6, 6.07) is 6.53. The zero-order chi connectivity index (χ0) is 12.3. The van der Waals surface area contributed by atoms with Gasteiger partial charge in [0.15, 0.2) is 0 Å². The first kappa shape index (κ1) is 11.9. The highest BCUT2D eigenvalue weighted by Gasteiger charge is 2.29. The van der Waals surface area contributed by atoms with E-state index in [0.717, 1.165) is 25.1 Å². The predicted molar refractivity (Wildman–Crippen MR) is 65.2 cm³/mol. The van der Waals surface area contributed by atoms with Crippen molar-refractivity contribution in [3.05, 3.63) is 34.4 Å². The fourth-order valence-electron chi connectivity index (χ4n) is 1.99. The summed E-state index contributed by atoms with van der Waals surface area (Å²) in [5.74, 6) is 0. The monoisotopic (exact) mass is 236 g/mol. The van der Waals surface area contributed by atoms with Crippen molar-refractivity contribution in [3.63, 3.8) is 0 Å². The number of nitro benzene ring substituents is 1. The van der Waals surface area contributed by atoms with Crippen LogP contribution in [0, 0.1) is 10.1 Å². The second-order valence-electron chi connectivity index (χ2n) is 4.56. The molecule has 92 valence electrons. The Hall–Kier alpha value is -1.62. The highest BCUT2D eigenvalue weighted by atomic mass is 16.6. The van der Waals surface area contributed by atoms with Crippen LogP contribution in [-0.4, -0.2) is 23.7 Å². The lowest BCUT2D eigenvalue weighted by Gasteiger charge is -2.23. The van der Waals surface area contributed by atoms with Gasteiger partial charge in [-0.1, -0.05) is 6.07 Å². The van der Waals surface area contributed by atoms with Crippen molar-refractivity contribution in [1.29, 1.82) is 0 Å². The highest BCUT2D eigenvalue weighted by molar-refractivity contribution is 5.51. The second-order valence-corrected chi connectivity index (χ2v) is 4.56. The van der Waals surface area contributed by atoms with Gasteiger partial charge >= 0.3 is 0 Å². The van der Waals surface area contributed by atoms with Gasteiger partial charge in [0, 0.05) is 31.0 Å². The van der Waals surface area contributed by atoms with E-state index in [0.29, 0.717) is 6.54 Å². The van der Waals surface area contributed by atoms with Gasteiger partial charge < -0.3 is 10.1 Å². The molecule has 1 aliphatic heterocycles. The van der Waals surface area contributed by atoms with Crippen molar-refractivity contribution in [2.75, 3.05) is 18.5 Å². The third-order valence-corrected chi connectivity index (χ3v) is 3.02. The first-order chi connectivity index (χ1) is 8.09. The summed E-state index contributed by atoms with van der Waals surface area (Å²) in [5.41, 5.74) is 0.716.